The molecule has 1 aliphatic heterocycles. The molecular weight excluding hydrogens is 206 g/mol. The highest BCUT2D eigenvalue weighted by Gasteiger charge is 2.26. The Labute approximate surface area is 97.2 Å². The van der Waals surface area contributed by atoms with Crippen molar-refractivity contribution in [2.24, 2.45) is 5.73 Å². The number of carbonyl (C=O) groups is 1. The van der Waals surface area contributed by atoms with Gasteiger partial charge >= 0.3 is 0 Å². The van der Waals surface area contributed by atoms with Gasteiger partial charge < -0.3 is 15.7 Å². The van der Waals surface area contributed by atoms with Crippen molar-refractivity contribution in [2.75, 3.05) is 39.3 Å². The number of nitrogens with zero attached hydrogens (tertiary/aromatic N) is 2. The number of amides is 1. The molecule has 5 nitrogen and oxygen atoms in total. The molecule has 1 saturated heterocycles. The van der Waals surface area contributed by atoms with E-state index in [0.29, 0.717) is 12.6 Å². The van der Waals surface area contributed by atoms with Crippen LogP contribution in [0.15, 0.2) is 0 Å². The first-order valence-corrected chi connectivity index (χ1v) is 6.05. The van der Waals surface area contributed by atoms with E-state index in [1.54, 1.807) is 0 Å². The molecule has 1 amide bonds. The molecule has 16 heavy (non-hydrogen) atoms. The topological polar surface area (TPSA) is 69.8 Å². The molecule has 0 bridgehead atoms. The third-order valence-electron chi connectivity index (χ3n) is 3.23. The molecular formula is C11H23N3O2. The zero-order valence-corrected chi connectivity index (χ0v) is 10.1. The number of hydrogen-bond acceptors (Lipinski definition) is 4. The van der Waals surface area contributed by atoms with E-state index in [0.717, 1.165) is 32.5 Å². The van der Waals surface area contributed by atoms with E-state index in [9.17, 15) is 4.79 Å². The van der Waals surface area contributed by atoms with Gasteiger partial charge in [0.15, 0.2) is 0 Å². The Hall–Kier alpha value is -0.650. The summed E-state index contributed by atoms with van der Waals surface area (Å²) in [5.74, 6) is 0.0322. The maximum Gasteiger partial charge on any atom is 0.236 e. The fraction of sp³-hybridized carbons (Fsp3) is 0.909. The lowest BCUT2D eigenvalue weighted by atomic mass is 10.0. The minimum atomic E-state index is 0.0322. The molecule has 0 radical (unpaired) electrons. The van der Waals surface area contributed by atoms with Crippen LogP contribution in [0, 0.1) is 0 Å². The van der Waals surface area contributed by atoms with Gasteiger partial charge in [0.05, 0.1) is 13.2 Å². The van der Waals surface area contributed by atoms with E-state index in [2.05, 4.69) is 11.8 Å². The number of nitrogens with two attached hydrogens (primary N) is 1. The molecule has 0 aromatic rings. The Morgan fingerprint density at radius 1 is 1.62 bits per heavy atom. The van der Waals surface area contributed by atoms with Gasteiger partial charge in [-0.1, -0.05) is 6.92 Å². The fourth-order valence-corrected chi connectivity index (χ4v) is 2.34. The zero-order valence-electron chi connectivity index (χ0n) is 10.1. The van der Waals surface area contributed by atoms with Crippen LogP contribution in [0.1, 0.15) is 19.8 Å². The summed E-state index contributed by atoms with van der Waals surface area (Å²) in [7, 11) is 0. The minimum absolute atomic E-state index is 0.0322. The molecule has 0 aromatic heterocycles. The molecule has 1 atom stereocenters. The average Bonchev–Trinajstić information content (AvgIpc) is 2.35. The Morgan fingerprint density at radius 2 is 2.38 bits per heavy atom. The molecule has 1 unspecified atom stereocenters. The van der Waals surface area contributed by atoms with Gasteiger partial charge in [-0.05, 0) is 19.4 Å². The number of likely N-dealkylation sites (N-methyl/N-ethyl adjacent to an activating group) is 1. The van der Waals surface area contributed by atoms with Crippen molar-refractivity contribution >= 4 is 5.91 Å². The van der Waals surface area contributed by atoms with Crippen LogP contribution in [0.2, 0.25) is 0 Å². The molecule has 5 heteroatoms. The van der Waals surface area contributed by atoms with Crippen molar-refractivity contribution in [3.05, 3.63) is 0 Å². The molecule has 0 saturated carbocycles. The predicted molar refractivity (Wildman–Crippen MR) is 63.0 cm³/mol. The first-order valence-electron chi connectivity index (χ1n) is 6.05. The molecule has 0 aromatic carbocycles. The molecule has 0 aliphatic carbocycles. The summed E-state index contributed by atoms with van der Waals surface area (Å²) in [5.41, 5.74) is 5.37. The Balaban J connectivity index is 2.51. The van der Waals surface area contributed by atoms with Crippen molar-refractivity contribution in [1.29, 1.82) is 0 Å². The van der Waals surface area contributed by atoms with Crippen LogP contribution >= 0.6 is 0 Å². The maximum absolute atomic E-state index is 11.5. The van der Waals surface area contributed by atoms with Crippen molar-refractivity contribution in [3.8, 4) is 0 Å². The quantitative estimate of drug-likeness (QED) is 0.651. The number of likely N-dealkylation sites (tertiary alicyclic amines) is 1. The monoisotopic (exact) mass is 229 g/mol. The van der Waals surface area contributed by atoms with Crippen LogP contribution in [-0.2, 0) is 4.79 Å². The summed E-state index contributed by atoms with van der Waals surface area (Å²) in [4.78, 5) is 15.6. The number of rotatable bonds is 5. The largest absolute Gasteiger partial charge is 0.395 e. The van der Waals surface area contributed by atoms with Gasteiger partial charge in [0, 0.05) is 25.7 Å². The van der Waals surface area contributed by atoms with Crippen LogP contribution < -0.4 is 5.73 Å². The minimum Gasteiger partial charge on any atom is -0.395 e. The summed E-state index contributed by atoms with van der Waals surface area (Å²) >= 11 is 0. The summed E-state index contributed by atoms with van der Waals surface area (Å²) < 4.78 is 0. The fourth-order valence-electron chi connectivity index (χ4n) is 2.34. The average molecular weight is 229 g/mol. The van der Waals surface area contributed by atoms with Crippen molar-refractivity contribution in [3.63, 3.8) is 0 Å². The summed E-state index contributed by atoms with van der Waals surface area (Å²) in [5, 5.41) is 8.98. The second-order valence-electron chi connectivity index (χ2n) is 4.19. The molecule has 1 aliphatic rings. The first kappa shape index (κ1) is 13.4. The summed E-state index contributed by atoms with van der Waals surface area (Å²) in [6.07, 6.45) is 2.13. The van der Waals surface area contributed by atoms with E-state index in [-0.39, 0.29) is 19.1 Å². The highest BCUT2D eigenvalue weighted by molar-refractivity contribution is 5.78. The van der Waals surface area contributed by atoms with Crippen LogP contribution in [0.3, 0.4) is 0 Å². The lowest BCUT2D eigenvalue weighted by Gasteiger charge is -2.38. The molecule has 94 valence electrons. The van der Waals surface area contributed by atoms with E-state index < -0.39 is 0 Å². The van der Waals surface area contributed by atoms with Gasteiger partial charge in [0.1, 0.15) is 0 Å². The van der Waals surface area contributed by atoms with Crippen molar-refractivity contribution in [2.45, 2.75) is 25.8 Å². The highest BCUT2D eigenvalue weighted by Crippen LogP contribution is 2.15. The number of hydrogen-bond donors (Lipinski definition) is 2. The molecule has 3 N–H and O–H groups in total. The Morgan fingerprint density at radius 3 is 2.94 bits per heavy atom. The third-order valence-corrected chi connectivity index (χ3v) is 3.23. The van der Waals surface area contributed by atoms with Crippen LogP contribution in [0.5, 0.6) is 0 Å². The van der Waals surface area contributed by atoms with Gasteiger partial charge in [-0.25, -0.2) is 0 Å². The van der Waals surface area contributed by atoms with Crippen molar-refractivity contribution < 1.29 is 9.90 Å². The van der Waals surface area contributed by atoms with Gasteiger partial charge in [-0.2, -0.15) is 0 Å². The van der Waals surface area contributed by atoms with Gasteiger partial charge in [-0.3, -0.25) is 9.69 Å². The first-order chi connectivity index (χ1) is 7.72. The zero-order chi connectivity index (χ0) is 12.0. The van der Waals surface area contributed by atoms with E-state index >= 15 is 0 Å². The summed E-state index contributed by atoms with van der Waals surface area (Å²) in [6.45, 7) is 5.53. The third kappa shape index (κ3) is 3.43. The van der Waals surface area contributed by atoms with Crippen LogP contribution in [0.25, 0.3) is 0 Å². The standard InChI is InChI=1S/C11H23N3O2/c1-2-13(6-7-15)10-4-3-5-14(9-10)11(16)8-12/h10,15H,2-9,12H2,1H3. The number of carbonyl (C=O) groups excluding carboxylic acids is 1. The normalized spacial score (nSPS) is 21.5. The maximum atomic E-state index is 11.5. The predicted octanol–water partition coefficient (Wildman–Crippen LogP) is -0.750. The number of piperidine rings is 1. The van der Waals surface area contributed by atoms with Crippen LogP contribution in [-0.4, -0.2) is 66.2 Å². The number of aliphatic hydroxyl groups is 1. The van der Waals surface area contributed by atoms with Gasteiger partial charge in [-0.15, -0.1) is 0 Å². The Bertz CT molecular complexity index is 223. The van der Waals surface area contributed by atoms with E-state index in [4.69, 9.17) is 10.8 Å². The smallest absolute Gasteiger partial charge is 0.236 e. The Kier molecular flexibility index (Phi) is 5.73. The SMILES string of the molecule is CCN(CCO)C1CCCN(C(=O)CN)C1. The lowest BCUT2D eigenvalue weighted by molar-refractivity contribution is -0.131. The number of aliphatic hydroxyl groups excluding tert-OH is 1. The molecule has 1 heterocycles. The second-order valence-corrected chi connectivity index (χ2v) is 4.19. The molecule has 0 spiro atoms. The molecule has 1 fully saturated rings. The van der Waals surface area contributed by atoms with Gasteiger partial charge in [0.25, 0.3) is 0 Å². The van der Waals surface area contributed by atoms with Crippen molar-refractivity contribution in [1.82, 2.24) is 9.80 Å². The summed E-state index contributed by atoms with van der Waals surface area (Å²) in [6, 6.07) is 0.376. The highest BCUT2D eigenvalue weighted by atomic mass is 16.3. The van der Waals surface area contributed by atoms with Crippen LogP contribution in [0.4, 0.5) is 0 Å². The lowest BCUT2D eigenvalue weighted by Crippen LogP contribution is -2.51. The second kappa shape index (κ2) is 6.83. The molecule has 1 rings (SSSR count). The van der Waals surface area contributed by atoms with E-state index in [1.165, 1.54) is 0 Å². The van der Waals surface area contributed by atoms with E-state index in [1.807, 2.05) is 4.90 Å². The van der Waals surface area contributed by atoms with Gasteiger partial charge in [0.2, 0.25) is 5.91 Å².